The molecule has 0 aliphatic carbocycles. The number of rotatable bonds is 24. The van der Waals surface area contributed by atoms with Gasteiger partial charge in [-0.05, 0) is 164 Å². The van der Waals surface area contributed by atoms with E-state index in [1.165, 1.54) is 126 Å². The Hall–Kier alpha value is -13.2. The van der Waals surface area contributed by atoms with Crippen molar-refractivity contribution in [2.75, 3.05) is 91.7 Å². The predicted molar refractivity (Wildman–Crippen MR) is 475 cm³/mol. The molecule has 15 rings (SSSR count). The first-order valence-corrected chi connectivity index (χ1v) is 42.1. The van der Waals surface area contributed by atoms with Gasteiger partial charge < -0.3 is 102 Å². The predicted octanol–water partition coefficient (Wildman–Crippen LogP) is 12.9. The second kappa shape index (κ2) is 42.1. The van der Waals surface area contributed by atoms with Crippen LogP contribution in [-0.4, -0.2) is 233 Å². The summed E-state index contributed by atoms with van der Waals surface area (Å²) in [4.78, 5) is 84.2. The monoisotopic (exact) mass is 1900 g/mol. The van der Waals surface area contributed by atoms with Gasteiger partial charge in [0.15, 0.2) is 34.4 Å². The van der Waals surface area contributed by atoms with E-state index < -0.39 is 103 Å². The molecule has 2 amide bonds. The Balaban J connectivity index is 0.000000165. The summed E-state index contributed by atoms with van der Waals surface area (Å²) in [5.74, 6) is 1.25. The van der Waals surface area contributed by atoms with Crippen LogP contribution in [0.1, 0.15) is 133 Å². The van der Waals surface area contributed by atoms with E-state index >= 15 is 0 Å². The number of halogens is 12. The van der Waals surface area contributed by atoms with Crippen molar-refractivity contribution in [3.8, 4) is 51.0 Å². The van der Waals surface area contributed by atoms with Crippen LogP contribution in [0.5, 0.6) is 17.2 Å². The van der Waals surface area contributed by atoms with Gasteiger partial charge in [-0.3, -0.25) is 15.0 Å². The average Bonchev–Trinajstić information content (AvgIpc) is 1.76. The second-order valence-electron chi connectivity index (χ2n) is 34.3. The van der Waals surface area contributed by atoms with E-state index in [1.807, 2.05) is 0 Å². The zero-order valence-electron chi connectivity index (χ0n) is 74.5. The summed E-state index contributed by atoms with van der Waals surface area (Å²) in [6.45, 7) is 11.3. The number of aliphatic hydroxyl groups excluding tert-OH is 4. The highest BCUT2D eigenvalue weighted by Crippen LogP contribution is 2.43. The molecular formula is C88H102F12N24O11. The molecule has 0 bridgehead atoms. The largest absolute Gasteiger partial charge is 0.497 e. The topological polar surface area (TPSA) is 485 Å². The van der Waals surface area contributed by atoms with Crippen LogP contribution in [0.3, 0.4) is 0 Å². The molecule has 2 unspecified atom stereocenters. The summed E-state index contributed by atoms with van der Waals surface area (Å²) in [6.07, 6.45) is -10.5. The molecule has 0 spiro atoms. The third-order valence-electron chi connectivity index (χ3n) is 22.7. The Morgan fingerprint density at radius 3 is 1.13 bits per heavy atom. The van der Waals surface area contributed by atoms with Gasteiger partial charge in [0.25, 0.3) is 38.6 Å². The summed E-state index contributed by atoms with van der Waals surface area (Å²) in [5.41, 5.74) is 30.5. The number of nitrogens with two attached hydrogens (primary N) is 5. The van der Waals surface area contributed by atoms with Gasteiger partial charge in [0.05, 0.1) is 129 Å². The molecule has 135 heavy (non-hydrogen) atoms. The van der Waals surface area contributed by atoms with Crippen LogP contribution < -0.4 is 62.5 Å². The van der Waals surface area contributed by atoms with Gasteiger partial charge in [0, 0.05) is 78.2 Å². The smallest absolute Gasteiger partial charge is 0.425 e. The standard InChI is InChI=1S/2C26H28F4N8O2.C21H25F4N3O3.C15H21N5O4/c2*1-40-15-3-4-16(17(8-15)22(27)28)18-7-14(10-38-13-36-20-24(31)34-12-35-25(20)38)19(9-33-18)37-6-2-5-26(32,11-37)21(39)23(29)30;1-31-13-3-4-14(15(8-13)19(22)23)16-7-12(10-29)17(9-27-16)28-6-2-5-21(26,11-28)18(30)20(24)25;1-14(2,3)23-12(21)20(13(22)24-15(4,5)6)11-9-10(17-7-16-9)18-8-19-11/h2*3-4,7-9,12-13,21-23,39H,2,5-6,10-11,32H2,1H3,(H2,31,34,35);3-4,7-9,18-20,29-30H,2,5-6,10-11,26H2,1H3;7-8H,1-6H3,(H,16,17,18,19)/t21-,26+;21-,26-;;/m01../s1. The number of ether oxygens (including phenoxy) is 5. The number of carbonyl (C=O) groups is 2. The normalized spacial score (nSPS) is 17.8. The van der Waals surface area contributed by atoms with Gasteiger partial charge in [-0.15, -0.1) is 0 Å². The van der Waals surface area contributed by atoms with E-state index in [0.717, 1.165) is 4.90 Å². The van der Waals surface area contributed by atoms with Crippen LogP contribution >= 0.6 is 0 Å². The molecule has 35 nitrogen and oxygen atoms in total. The number of aromatic nitrogens is 15. The lowest BCUT2D eigenvalue weighted by atomic mass is 9.84. The number of H-pyrrole nitrogens is 1. The fourth-order valence-electron chi connectivity index (χ4n) is 16.0. The number of benzene rings is 3. The summed E-state index contributed by atoms with van der Waals surface area (Å²) in [5, 5.41) is 40.1. The number of imide groups is 1. The first kappa shape index (κ1) is 101. The van der Waals surface area contributed by atoms with E-state index in [-0.39, 0.29) is 137 Å². The molecule has 12 aromatic rings. The maximum atomic E-state index is 14.0. The number of hydrogen-bond acceptors (Lipinski definition) is 31. The molecule has 9 aromatic heterocycles. The number of carbonyl (C=O) groups excluding carboxylic acids is 2. The summed E-state index contributed by atoms with van der Waals surface area (Å²) >= 11 is 0. The van der Waals surface area contributed by atoms with E-state index in [4.69, 9.17) is 52.4 Å². The van der Waals surface area contributed by atoms with Crippen molar-refractivity contribution in [1.82, 2.24) is 73.9 Å². The maximum absolute atomic E-state index is 14.0. The molecule has 47 heteroatoms. The zero-order chi connectivity index (χ0) is 98.1. The highest BCUT2D eigenvalue weighted by Gasteiger charge is 2.47. The average molecular weight is 1900 g/mol. The van der Waals surface area contributed by atoms with Gasteiger partial charge >= 0.3 is 12.2 Å². The number of nitrogens with one attached hydrogen (secondary N) is 1. The molecular weight excluding hydrogens is 1800 g/mol. The number of nitrogen functional groups attached to an aromatic ring is 2. The molecule has 6 atom stereocenters. The summed E-state index contributed by atoms with van der Waals surface area (Å²) < 4.78 is 192. The van der Waals surface area contributed by atoms with Crippen molar-refractivity contribution in [3.05, 3.63) is 163 Å². The zero-order valence-corrected chi connectivity index (χ0v) is 74.5. The number of pyridine rings is 3. The van der Waals surface area contributed by atoms with Gasteiger partial charge in [-0.1, -0.05) is 0 Å². The van der Waals surface area contributed by atoms with E-state index in [9.17, 15) is 82.7 Å². The minimum Gasteiger partial charge on any atom is -0.497 e. The van der Waals surface area contributed by atoms with Crippen molar-refractivity contribution in [2.24, 2.45) is 17.2 Å². The Labute approximate surface area is 764 Å². The number of fused-ring (bicyclic) bond motifs is 3. The minimum absolute atomic E-state index is 0.0148. The molecule has 3 saturated heterocycles. The second-order valence-corrected chi connectivity index (χ2v) is 34.3. The highest BCUT2D eigenvalue weighted by atomic mass is 19.3. The number of nitrogens with zero attached hydrogens (tertiary/aromatic N) is 18. The number of hydrogen-bond donors (Lipinski definition) is 10. The quantitative estimate of drug-likeness (QED) is 0.0251. The number of methoxy groups -OCH3 is 3. The first-order valence-electron chi connectivity index (χ1n) is 42.1. The molecule has 3 aliphatic rings. The van der Waals surface area contributed by atoms with Crippen molar-refractivity contribution < 1.29 is 106 Å². The molecule has 724 valence electrons. The van der Waals surface area contributed by atoms with Crippen LogP contribution in [0.25, 0.3) is 67.3 Å². The van der Waals surface area contributed by atoms with Crippen LogP contribution in [0, 0.1) is 0 Å². The molecule has 0 saturated carbocycles. The minimum atomic E-state index is -3.00. The molecule has 3 aromatic carbocycles. The molecule has 15 N–H and O–H groups in total. The lowest BCUT2D eigenvalue weighted by Crippen LogP contribution is -2.63. The van der Waals surface area contributed by atoms with Crippen molar-refractivity contribution in [1.29, 1.82) is 0 Å². The van der Waals surface area contributed by atoms with Crippen molar-refractivity contribution in [3.63, 3.8) is 0 Å². The Morgan fingerprint density at radius 2 is 0.807 bits per heavy atom. The lowest BCUT2D eigenvalue weighted by Gasteiger charge is -2.44. The number of aliphatic hydroxyl groups is 4. The lowest BCUT2D eigenvalue weighted by molar-refractivity contribution is -0.0530. The van der Waals surface area contributed by atoms with Gasteiger partial charge in [-0.2, -0.15) is 4.90 Å². The van der Waals surface area contributed by atoms with E-state index in [1.54, 1.807) is 89.6 Å². The SMILES string of the molecule is CC(C)(C)OC(=O)N(C(=O)OC(C)(C)C)c1ncnc2nc[nH]c12.COc1ccc(-c2cc(CO)c(N3CCCC(N)(C(O)C(F)F)C3)cn2)c(C(F)F)c1.COc1ccc(-c2cc(Cn3cnc4c(N)ncnc43)c(N3CCC[C@](N)([C@@H](O)C(F)F)C3)cn2)c(C(F)F)c1.COc1ccc(-c2cc(Cn3cnc4c(N)ncnc43)c(N3CCC[C@](N)([C@H](O)C(F)F)C3)cn2)c(C(F)F)c1. The molecule has 3 fully saturated rings. The molecule has 12 heterocycles. The Morgan fingerprint density at radius 1 is 0.467 bits per heavy atom. The van der Waals surface area contributed by atoms with E-state index in [0.29, 0.717) is 106 Å². The number of amides is 2. The number of anilines is 6. The van der Waals surface area contributed by atoms with Crippen LogP contribution in [-0.2, 0) is 29.2 Å². The van der Waals surface area contributed by atoms with Crippen molar-refractivity contribution in [2.45, 2.75) is 184 Å². The van der Waals surface area contributed by atoms with E-state index in [2.05, 4.69) is 64.8 Å². The molecule has 3 aliphatic heterocycles. The number of piperidine rings is 3. The fourth-order valence-corrected chi connectivity index (χ4v) is 16.0. The van der Waals surface area contributed by atoms with Gasteiger partial charge in [0.2, 0.25) is 0 Å². The summed E-state index contributed by atoms with van der Waals surface area (Å²) in [7, 11) is 4.16. The third-order valence-corrected chi connectivity index (χ3v) is 22.7. The van der Waals surface area contributed by atoms with Crippen molar-refractivity contribution >= 4 is 80.2 Å². The number of aromatic amines is 1. The maximum Gasteiger partial charge on any atom is 0.425 e. The Kier molecular flexibility index (Phi) is 31.5. The fraction of sp³-hybridized carbons (Fsp3) is 0.432. The summed E-state index contributed by atoms with van der Waals surface area (Å²) in [6, 6.07) is 17.7. The number of alkyl halides is 12. The Bertz CT molecular complexity index is 5880. The van der Waals surface area contributed by atoms with Crippen LogP contribution in [0.4, 0.5) is 96.8 Å². The van der Waals surface area contributed by atoms with Gasteiger partial charge in [0.1, 0.15) is 82.3 Å². The van der Waals surface area contributed by atoms with Gasteiger partial charge in [-0.25, -0.2) is 107 Å². The molecule has 0 radical (unpaired) electrons. The van der Waals surface area contributed by atoms with Crippen LogP contribution in [0.15, 0.2) is 129 Å². The highest BCUT2D eigenvalue weighted by molar-refractivity contribution is 6.12. The number of imidazole rings is 3. The first-order chi connectivity index (χ1) is 63.9. The van der Waals surface area contributed by atoms with Crippen LogP contribution in [0.2, 0.25) is 0 Å². The third kappa shape index (κ3) is 23.2.